The molecule has 186 valence electrons. The van der Waals surface area contributed by atoms with Crippen LogP contribution in [0, 0.1) is 0 Å². The number of anilines is 1. The Morgan fingerprint density at radius 3 is 2.20 bits per heavy atom. The maximum absolute atomic E-state index is 12.9. The van der Waals surface area contributed by atoms with Gasteiger partial charge in [-0.25, -0.2) is 4.79 Å². The number of benzene rings is 3. The van der Waals surface area contributed by atoms with Gasteiger partial charge in [0.05, 0.1) is 19.3 Å². The van der Waals surface area contributed by atoms with Crippen LogP contribution in [-0.4, -0.2) is 30.3 Å². The van der Waals surface area contributed by atoms with Crippen LogP contribution in [0.25, 0.3) is 0 Å². The van der Waals surface area contributed by atoms with E-state index in [1.54, 1.807) is 43.5 Å². The molecule has 3 aromatic carbocycles. The van der Waals surface area contributed by atoms with Crippen LogP contribution in [0.3, 0.4) is 0 Å². The van der Waals surface area contributed by atoms with E-state index in [9.17, 15) is 9.90 Å². The molecule has 3 aromatic rings. The van der Waals surface area contributed by atoms with Crippen LogP contribution < -0.4 is 14.4 Å². The first kappa shape index (κ1) is 26.3. The van der Waals surface area contributed by atoms with Crippen LogP contribution in [0.5, 0.6) is 11.5 Å². The molecule has 5 nitrogen and oxygen atoms in total. The van der Waals surface area contributed by atoms with Crippen molar-refractivity contribution in [3.63, 3.8) is 0 Å². The highest BCUT2D eigenvalue weighted by Crippen LogP contribution is 2.37. The first-order chi connectivity index (χ1) is 16.8. The second-order valence-electron chi connectivity index (χ2n) is 9.30. The Morgan fingerprint density at radius 1 is 0.943 bits per heavy atom. The van der Waals surface area contributed by atoms with Crippen molar-refractivity contribution in [1.82, 2.24) is 0 Å². The summed E-state index contributed by atoms with van der Waals surface area (Å²) < 4.78 is 11.1. The highest BCUT2D eigenvalue weighted by atomic mass is 16.5. The Bertz CT molecular complexity index is 1110. The predicted molar refractivity (Wildman–Crippen MR) is 142 cm³/mol. The van der Waals surface area contributed by atoms with E-state index in [2.05, 4.69) is 63.8 Å². The Balaban J connectivity index is 2.00. The average Bonchev–Trinajstić information content (AvgIpc) is 2.85. The molecule has 0 aromatic heterocycles. The minimum Gasteiger partial charge on any atom is -0.497 e. The van der Waals surface area contributed by atoms with Crippen molar-refractivity contribution in [2.75, 3.05) is 12.0 Å². The minimum absolute atomic E-state index is 0.00120. The molecule has 1 unspecified atom stereocenters. The van der Waals surface area contributed by atoms with Crippen LogP contribution in [-0.2, 0) is 6.61 Å². The maximum Gasteiger partial charge on any atom is 0.343 e. The molecule has 0 aliphatic heterocycles. The van der Waals surface area contributed by atoms with Gasteiger partial charge in [-0.2, -0.15) is 0 Å². The fraction of sp³-hybridized carbons (Fsp3) is 0.367. The number of rotatable bonds is 10. The number of aliphatic hydroxyl groups is 1. The van der Waals surface area contributed by atoms with E-state index in [-0.39, 0.29) is 12.5 Å². The van der Waals surface area contributed by atoms with E-state index in [1.807, 2.05) is 6.07 Å². The zero-order chi connectivity index (χ0) is 25.5. The summed E-state index contributed by atoms with van der Waals surface area (Å²) in [6.07, 6.45) is 0.814. The lowest BCUT2D eigenvalue weighted by molar-refractivity contribution is 0.0732. The number of nitrogens with zero attached hydrogens (tertiary/aromatic N) is 1. The zero-order valence-electron chi connectivity index (χ0n) is 21.6. The molecular formula is C30H37NO4. The summed E-state index contributed by atoms with van der Waals surface area (Å²) >= 11 is 0. The Hall–Kier alpha value is -3.31. The van der Waals surface area contributed by atoms with Gasteiger partial charge in [0.2, 0.25) is 0 Å². The smallest absolute Gasteiger partial charge is 0.343 e. The normalized spacial score (nSPS) is 12.0. The van der Waals surface area contributed by atoms with Gasteiger partial charge in [0, 0.05) is 29.3 Å². The molecule has 0 amide bonds. The number of carbonyl (C=O) groups is 1. The summed E-state index contributed by atoms with van der Waals surface area (Å²) in [4.78, 5) is 15.3. The number of ether oxygens (including phenoxy) is 2. The number of methoxy groups -OCH3 is 1. The standard InChI is InChI=1S/C30H37NO4/c1-7-27(24-9-8-10-25(18-24)31(20(2)3)21(4)5)28-17-22(19-32)11-16-29(28)35-30(33)23-12-14-26(34-6)15-13-23/h8-18,20-21,27,32H,7,19H2,1-6H3. The minimum atomic E-state index is -0.431. The van der Waals surface area contributed by atoms with Gasteiger partial charge in [-0.1, -0.05) is 25.1 Å². The third kappa shape index (κ3) is 6.23. The molecule has 0 aliphatic rings. The van der Waals surface area contributed by atoms with Crippen molar-refractivity contribution in [2.24, 2.45) is 0 Å². The second kappa shape index (κ2) is 11.9. The molecule has 0 aliphatic carbocycles. The van der Waals surface area contributed by atoms with Gasteiger partial charge >= 0.3 is 5.97 Å². The van der Waals surface area contributed by atoms with Gasteiger partial charge in [0.1, 0.15) is 11.5 Å². The second-order valence-corrected chi connectivity index (χ2v) is 9.30. The number of esters is 1. The van der Waals surface area contributed by atoms with Gasteiger partial charge in [-0.3, -0.25) is 0 Å². The van der Waals surface area contributed by atoms with Crippen molar-refractivity contribution in [3.8, 4) is 11.5 Å². The molecule has 0 radical (unpaired) electrons. The van der Waals surface area contributed by atoms with Crippen molar-refractivity contribution >= 4 is 11.7 Å². The van der Waals surface area contributed by atoms with Gasteiger partial charge in [0.25, 0.3) is 0 Å². The fourth-order valence-electron chi connectivity index (χ4n) is 4.68. The van der Waals surface area contributed by atoms with Crippen LogP contribution in [0.2, 0.25) is 0 Å². The monoisotopic (exact) mass is 475 g/mol. The predicted octanol–water partition coefficient (Wildman–Crippen LogP) is 6.57. The third-order valence-corrected chi connectivity index (χ3v) is 6.25. The third-order valence-electron chi connectivity index (χ3n) is 6.25. The van der Waals surface area contributed by atoms with Crippen LogP contribution >= 0.6 is 0 Å². The first-order valence-corrected chi connectivity index (χ1v) is 12.3. The molecular weight excluding hydrogens is 438 g/mol. The highest BCUT2D eigenvalue weighted by Gasteiger charge is 2.22. The molecule has 35 heavy (non-hydrogen) atoms. The Morgan fingerprint density at radius 2 is 1.63 bits per heavy atom. The molecule has 0 bridgehead atoms. The summed E-state index contributed by atoms with van der Waals surface area (Å²) in [7, 11) is 1.59. The molecule has 1 N–H and O–H groups in total. The van der Waals surface area contributed by atoms with Crippen molar-refractivity contribution < 1.29 is 19.4 Å². The quantitative estimate of drug-likeness (QED) is 0.265. The largest absolute Gasteiger partial charge is 0.497 e. The van der Waals surface area contributed by atoms with E-state index >= 15 is 0 Å². The molecule has 0 fully saturated rings. The van der Waals surface area contributed by atoms with Crippen molar-refractivity contribution in [2.45, 2.75) is 65.6 Å². The SMILES string of the molecule is CCC(c1cccc(N(C(C)C)C(C)C)c1)c1cc(CO)ccc1OC(=O)c1ccc(OC)cc1. The number of aliphatic hydroxyl groups excluding tert-OH is 1. The van der Waals surface area contributed by atoms with E-state index in [0.717, 1.165) is 23.1 Å². The lowest BCUT2D eigenvalue weighted by atomic mass is 9.87. The summed E-state index contributed by atoms with van der Waals surface area (Å²) in [6.45, 7) is 10.8. The summed E-state index contributed by atoms with van der Waals surface area (Å²) in [5.74, 6) is 0.753. The zero-order valence-corrected chi connectivity index (χ0v) is 21.6. The van der Waals surface area contributed by atoms with Crippen LogP contribution in [0.1, 0.15) is 74.0 Å². The molecule has 0 spiro atoms. The summed E-state index contributed by atoms with van der Waals surface area (Å²) in [5, 5.41) is 9.80. The van der Waals surface area contributed by atoms with Crippen molar-refractivity contribution in [3.05, 3.63) is 89.0 Å². The molecule has 0 saturated heterocycles. The summed E-state index contributed by atoms with van der Waals surface area (Å²) in [6, 6.07) is 21.7. The highest BCUT2D eigenvalue weighted by molar-refractivity contribution is 5.91. The van der Waals surface area contributed by atoms with Crippen molar-refractivity contribution in [1.29, 1.82) is 0 Å². The van der Waals surface area contributed by atoms with E-state index < -0.39 is 5.97 Å². The Kier molecular flexibility index (Phi) is 8.94. The number of carbonyl (C=O) groups excluding carboxylic acids is 1. The molecule has 5 heteroatoms. The topological polar surface area (TPSA) is 59.0 Å². The first-order valence-electron chi connectivity index (χ1n) is 12.3. The average molecular weight is 476 g/mol. The van der Waals surface area contributed by atoms with E-state index in [0.29, 0.717) is 29.1 Å². The van der Waals surface area contributed by atoms with Crippen LogP contribution in [0.4, 0.5) is 5.69 Å². The Labute approximate surface area is 209 Å². The molecule has 1 atom stereocenters. The maximum atomic E-state index is 12.9. The lowest BCUT2D eigenvalue weighted by Gasteiger charge is -2.34. The van der Waals surface area contributed by atoms with Gasteiger partial charge < -0.3 is 19.5 Å². The van der Waals surface area contributed by atoms with Gasteiger partial charge in [-0.15, -0.1) is 0 Å². The van der Waals surface area contributed by atoms with Crippen LogP contribution in [0.15, 0.2) is 66.7 Å². The molecule has 0 saturated carbocycles. The van der Waals surface area contributed by atoms with Gasteiger partial charge in [0.15, 0.2) is 0 Å². The van der Waals surface area contributed by atoms with E-state index in [4.69, 9.17) is 9.47 Å². The molecule has 0 heterocycles. The lowest BCUT2D eigenvalue weighted by Crippen LogP contribution is -2.37. The fourth-order valence-corrected chi connectivity index (χ4v) is 4.68. The van der Waals surface area contributed by atoms with E-state index in [1.165, 1.54) is 5.69 Å². The number of hydrogen-bond acceptors (Lipinski definition) is 5. The van der Waals surface area contributed by atoms with Gasteiger partial charge in [-0.05, 0) is 93.8 Å². The summed E-state index contributed by atoms with van der Waals surface area (Å²) in [5.41, 5.74) is 4.43. The number of hydrogen-bond donors (Lipinski definition) is 1. The molecule has 3 rings (SSSR count).